The SMILES string of the molecule is COc1cccc(-c2cc3c(c(OC)c2)OCCN(S(=O)(=O)c2ccccc2OC(F)(F)F)C3)n1. The van der Waals surface area contributed by atoms with E-state index in [9.17, 15) is 21.6 Å². The normalized spacial score (nSPS) is 14.4. The van der Waals surface area contributed by atoms with Crippen LogP contribution in [0, 0.1) is 0 Å². The summed E-state index contributed by atoms with van der Waals surface area (Å²) in [5.41, 5.74) is 1.62. The van der Waals surface area contributed by atoms with Gasteiger partial charge in [0.05, 0.1) is 19.9 Å². The van der Waals surface area contributed by atoms with E-state index in [4.69, 9.17) is 14.2 Å². The summed E-state index contributed by atoms with van der Waals surface area (Å²) in [5.74, 6) is 0.286. The summed E-state index contributed by atoms with van der Waals surface area (Å²) in [6, 6.07) is 13.2. The third-order valence-electron chi connectivity index (χ3n) is 5.21. The monoisotopic (exact) mass is 510 g/mol. The van der Waals surface area contributed by atoms with Crippen LogP contribution in [0.1, 0.15) is 5.56 Å². The maximum absolute atomic E-state index is 13.4. The van der Waals surface area contributed by atoms with Crippen LogP contribution in [0.25, 0.3) is 11.3 Å². The second-order valence-electron chi connectivity index (χ2n) is 7.41. The molecule has 1 aliphatic heterocycles. The molecule has 1 aliphatic rings. The summed E-state index contributed by atoms with van der Waals surface area (Å²) in [7, 11) is -1.45. The molecule has 2 heterocycles. The van der Waals surface area contributed by atoms with Crippen molar-refractivity contribution in [3.8, 4) is 34.4 Å². The number of pyridine rings is 1. The zero-order valence-corrected chi connectivity index (χ0v) is 19.5. The maximum atomic E-state index is 13.4. The fourth-order valence-corrected chi connectivity index (χ4v) is 5.18. The van der Waals surface area contributed by atoms with Crippen molar-refractivity contribution in [1.29, 1.82) is 0 Å². The Morgan fingerprint density at radius 2 is 1.77 bits per heavy atom. The molecule has 0 radical (unpaired) electrons. The Morgan fingerprint density at radius 1 is 1.00 bits per heavy atom. The molecule has 1 aromatic heterocycles. The van der Waals surface area contributed by atoms with Crippen LogP contribution < -0.4 is 18.9 Å². The van der Waals surface area contributed by atoms with Gasteiger partial charge in [0.25, 0.3) is 0 Å². The number of rotatable bonds is 6. The zero-order valence-electron chi connectivity index (χ0n) is 18.7. The van der Waals surface area contributed by atoms with Gasteiger partial charge in [-0.25, -0.2) is 13.4 Å². The first-order valence-electron chi connectivity index (χ1n) is 10.3. The first-order valence-corrected chi connectivity index (χ1v) is 11.8. The first-order chi connectivity index (χ1) is 16.6. The lowest BCUT2D eigenvalue weighted by Gasteiger charge is -2.22. The van der Waals surface area contributed by atoms with E-state index in [-0.39, 0.29) is 19.7 Å². The van der Waals surface area contributed by atoms with Crippen molar-refractivity contribution < 1.29 is 40.5 Å². The largest absolute Gasteiger partial charge is 0.573 e. The Hall–Kier alpha value is -3.51. The van der Waals surface area contributed by atoms with Crippen LogP contribution in [-0.2, 0) is 16.6 Å². The minimum absolute atomic E-state index is 0.0400. The van der Waals surface area contributed by atoms with Crippen LogP contribution in [0.3, 0.4) is 0 Å². The second kappa shape index (κ2) is 9.62. The van der Waals surface area contributed by atoms with Gasteiger partial charge in [0.1, 0.15) is 17.3 Å². The molecule has 4 rings (SSSR count). The minimum Gasteiger partial charge on any atom is -0.493 e. The van der Waals surface area contributed by atoms with Gasteiger partial charge in [0, 0.05) is 30.3 Å². The lowest BCUT2D eigenvalue weighted by atomic mass is 10.1. The average Bonchev–Trinajstić information content (AvgIpc) is 3.06. The first kappa shape index (κ1) is 24.6. The number of ether oxygens (including phenoxy) is 4. The van der Waals surface area contributed by atoms with Gasteiger partial charge in [-0.2, -0.15) is 4.31 Å². The number of aromatic nitrogens is 1. The molecular weight excluding hydrogens is 489 g/mol. The van der Waals surface area contributed by atoms with Crippen molar-refractivity contribution in [3.63, 3.8) is 0 Å². The Balaban J connectivity index is 1.75. The highest BCUT2D eigenvalue weighted by molar-refractivity contribution is 7.89. The van der Waals surface area contributed by atoms with Crippen molar-refractivity contribution in [2.75, 3.05) is 27.4 Å². The molecule has 0 spiro atoms. The van der Waals surface area contributed by atoms with Crippen molar-refractivity contribution in [3.05, 3.63) is 60.2 Å². The van der Waals surface area contributed by atoms with Gasteiger partial charge >= 0.3 is 6.36 Å². The topological polar surface area (TPSA) is 87.2 Å². The number of halogens is 3. The number of benzene rings is 2. The van der Waals surface area contributed by atoms with E-state index < -0.39 is 27.0 Å². The van der Waals surface area contributed by atoms with Crippen LogP contribution >= 0.6 is 0 Å². The van der Waals surface area contributed by atoms with Gasteiger partial charge in [-0.1, -0.05) is 18.2 Å². The van der Waals surface area contributed by atoms with Crippen molar-refractivity contribution in [2.24, 2.45) is 0 Å². The number of nitrogens with zero attached hydrogens (tertiary/aromatic N) is 2. The molecule has 8 nitrogen and oxygen atoms in total. The molecule has 0 saturated carbocycles. The molecule has 0 N–H and O–H groups in total. The molecule has 0 unspecified atom stereocenters. The summed E-state index contributed by atoms with van der Waals surface area (Å²) in [6.45, 7) is -0.318. The standard InChI is InChI=1S/C23H21F3N2O6S/c1-31-19-13-15(17-6-5-9-21(27-17)32-2)12-16-14-28(10-11-33-22(16)19)35(29,30)20-8-4-3-7-18(20)34-23(24,25)26/h3-9,12-13H,10-11,14H2,1-2H3. The van der Waals surface area contributed by atoms with E-state index in [0.717, 1.165) is 16.4 Å². The van der Waals surface area contributed by atoms with Gasteiger partial charge in [-0.3, -0.25) is 0 Å². The lowest BCUT2D eigenvalue weighted by Crippen LogP contribution is -2.33. The number of sulfonamides is 1. The van der Waals surface area contributed by atoms with Gasteiger partial charge in [0.2, 0.25) is 15.9 Å². The molecule has 0 atom stereocenters. The van der Waals surface area contributed by atoms with Crippen molar-refractivity contribution >= 4 is 10.0 Å². The van der Waals surface area contributed by atoms with E-state index in [1.807, 2.05) is 0 Å². The van der Waals surface area contributed by atoms with E-state index in [1.165, 1.54) is 26.4 Å². The maximum Gasteiger partial charge on any atom is 0.573 e. The molecule has 35 heavy (non-hydrogen) atoms. The number of fused-ring (bicyclic) bond motifs is 1. The summed E-state index contributed by atoms with van der Waals surface area (Å²) in [5, 5.41) is 0. The highest BCUT2D eigenvalue weighted by atomic mass is 32.2. The van der Waals surface area contributed by atoms with Crippen LogP contribution in [0.5, 0.6) is 23.1 Å². The highest BCUT2D eigenvalue weighted by Crippen LogP contribution is 2.40. The van der Waals surface area contributed by atoms with Gasteiger partial charge < -0.3 is 18.9 Å². The average molecular weight is 510 g/mol. The van der Waals surface area contributed by atoms with E-state index in [1.54, 1.807) is 30.3 Å². The fourth-order valence-electron chi connectivity index (χ4n) is 3.67. The summed E-state index contributed by atoms with van der Waals surface area (Å²) >= 11 is 0. The highest BCUT2D eigenvalue weighted by Gasteiger charge is 2.36. The predicted molar refractivity (Wildman–Crippen MR) is 119 cm³/mol. The Bertz CT molecular complexity index is 1330. The Kier molecular flexibility index (Phi) is 6.77. The summed E-state index contributed by atoms with van der Waals surface area (Å²) < 4.78 is 86.9. The van der Waals surface area contributed by atoms with E-state index >= 15 is 0 Å². The van der Waals surface area contributed by atoms with Crippen LogP contribution in [0.2, 0.25) is 0 Å². The second-order valence-corrected chi connectivity index (χ2v) is 9.32. The molecule has 2 aromatic carbocycles. The van der Waals surface area contributed by atoms with Crippen molar-refractivity contribution in [1.82, 2.24) is 9.29 Å². The molecule has 12 heteroatoms. The molecule has 0 saturated heterocycles. The van der Waals surface area contributed by atoms with Gasteiger partial charge in [-0.15, -0.1) is 13.2 Å². The van der Waals surface area contributed by atoms with E-state index in [0.29, 0.717) is 34.2 Å². The van der Waals surface area contributed by atoms with Crippen LogP contribution in [0.15, 0.2) is 59.5 Å². The molecular formula is C23H21F3N2O6S. The summed E-state index contributed by atoms with van der Waals surface area (Å²) in [4.78, 5) is 3.80. The Labute approximate surface area is 199 Å². The lowest BCUT2D eigenvalue weighted by molar-refractivity contribution is -0.275. The molecule has 0 amide bonds. The number of hydrogen-bond acceptors (Lipinski definition) is 7. The molecule has 0 aliphatic carbocycles. The smallest absolute Gasteiger partial charge is 0.493 e. The number of para-hydroxylation sites is 1. The van der Waals surface area contributed by atoms with Crippen molar-refractivity contribution in [2.45, 2.75) is 17.8 Å². The fraction of sp³-hybridized carbons (Fsp3) is 0.261. The van der Waals surface area contributed by atoms with Gasteiger partial charge in [0.15, 0.2) is 11.5 Å². The molecule has 3 aromatic rings. The van der Waals surface area contributed by atoms with Crippen LogP contribution in [0.4, 0.5) is 13.2 Å². The summed E-state index contributed by atoms with van der Waals surface area (Å²) in [6.07, 6.45) is -5.05. The number of methoxy groups -OCH3 is 2. The number of hydrogen-bond donors (Lipinski definition) is 0. The molecule has 0 fully saturated rings. The zero-order chi connectivity index (χ0) is 25.2. The third-order valence-corrected chi connectivity index (χ3v) is 7.09. The molecule has 186 valence electrons. The van der Waals surface area contributed by atoms with Crippen LogP contribution in [-0.4, -0.2) is 51.4 Å². The quantitative estimate of drug-likeness (QED) is 0.490. The molecule has 0 bridgehead atoms. The third kappa shape index (κ3) is 5.28. The minimum atomic E-state index is -5.05. The number of alkyl halides is 3. The Morgan fingerprint density at radius 3 is 2.49 bits per heavy atom. The predicted octanol–water partition coefficient (Wildman–Crippen LogP) is 4.25. The van der Waals surface area contributed by atoms with Gasteiger partial charge in [-0.05, 0) is 30.3 Å². The van der Waals surface area contributed by atoms with E-state index in [2.05, 4.69) is 9.72 Å².